The van der Waals surface area contributed by atoms with Crippen molar-refractivity contribution >= 4 is 0 Å². The average Bonchev–Trinajstić information content (AvgIpc) is 2.49. The molecular weight excluding hydrogens is 164 g/mol. The van der Waals surface area contributed by atoms with Crippen LogP contribution in [0.3, 0.4) is 0 Å². The highest BCUT2D eigenvalue weighted by Crippen LogP contribution is 2.33. The molecule has 1 heterocycles. The van der Waals surface area contributed by atoms with E-state index in [1.807, 2.05) is 6.07 Å². The van der Waals surface area contributed by atoms with Crippen molar-refractivity contribution < 1.29 is 9.47 Å². The van der Waals surface area contributed by atoms with Gasteiger partial charge >= 0.3 is 0 Å². The van der Waals surface area contributed by atoms with Gasteiger partial charge in [-0.05, 0) is 30.0 Å². The Balaban J connectivity index is 2.21. The van der Waals surface area contributed by atoms with Gasteiger partial charge in [-0.25, -0.2) is 0 Å². The minimum atomic E-state index is 0.355. The molecular formula is C11H13O2. The number of ether oxygens (including phenoxy) is 2. The lowest BCUT2D eigenvalue weighted by Gasteiger charge is -2.04. The maximum absolute atomic E-state index is 5.29. The Hall–Kier alpha value is -1.18. The SMILES string of the molecule is C[C](C)Cc1ccc2c(c1)OCO2. The van der Waals surface area contributed by atoms with Gasteiger partial charge in [-0.2, -0.15) is 0 Å². The Morgan fingerprint density at radius 2 is 2.00 bits per heavy atom. The fraction of sp³-hybridized carbons (Fsp3) is 0.364. The number of hydrogen-bond donors (Lipinski definition) is 0. The second kappa shape index (κ2) is 3.29. The van der Waals surface area contributed by atoms with Crippen molar-refractivity contribution in [2.45, 2.75) is 20.3 Å². The second-order valence-electron chi connectivity index (χ2n) is 3.57. The topological polar surface area (TPSA) is 18.5 Å². The van der Waals surface area contributed by atoms with Gasteiger partial charge in [0.05, 0.1) is 0 Å². The van der Waals surface area contributed by atoms with Gasteiger partial charge in [-0.15, -0.1) is 0 Å². The van der Waals surface area contributed by atoms with Gasteiger partial charge in [-0.3, -0.25) is 0 Å². The molecule has 0 spiro atoms. The summed E-state index contributed by atoms with van der Waals surface area (Å²) in [5.74, 6) is 3.13. The molecule has 1 aliphatic heterocycles. The van der Waals surface area contributed by atoms with E-state index < -0.39 is 0 Å². The third kappa shape index (κ3) is 1.77. The summed E-state index contributed by atoms with van der Waals surface area (Å²) < 4.78 is 10.5. The minimum Gasteiger partial charge on any atom is -0.454 e. The van der Waals surface area contributed by atoms with E-state index in [1.54, 1.807) is 0 Å². The Morgan fingerprint density at radius 1 is 1.23 bits per heavy atom. The number of hydrogen-bond acceptors (Lipinski definition) is 2. The number of benzene rings is 1. The van der Waals surface area contributed by atoms with Crippen LogP contribution in [0.2, 0.25) is 0 Å². The molecule has 0 bridgehead atoms. The predicted molar refractivity (Wildman–Crippen MR) is 50.9 cm³/mol. The van der Waals surface area contributed by atoms with Crippen LogP contribution in [0, 0.1) is 5.92 Å². The quantitative estimate of drug-likeness (QED) is 0.691. The van der Waals surface area contributed by atoms with Gasteiger partial charge in [0.15, 0.2) is 11.5 Å². The van der Waals surface area contributed by atoms with Crippen LogP contribution in [0.25, 0.3) is 0 Å². The summed E-state index contributed by atoms with van der Waals surface area (Å²) in [6.07, 6.45) is 1.01. The predicted octanol–water partition coefficient (Wildman–Crippen LogP) is 2.57. The monoisotopic (exact) mass is 177 g/mol. The molecule has 0 saturated heterocycles. The lowest BCUT2D eigenvalue weighted by atomic mass is 10.0. The molecule has 1 aromatic carbocycles. The molecule has 2 rings (SSSR count). The Morgan fingerprint density at radius 3 is 2.77 bits per heavy atom. The number of rotatable bonds is 2. The molecule has 0 N–H and O–H groups in total. The maximum atomic E-state index is 5.29. The summed E-state index contributed by atoms with van der Waals surface area (Å²) >= 11 is 0. The molecule has 1 radical (unpaired) electrons. The van der Waals surface area contributed by atoms with Crippen LogP contribution >= 0.6 is 0 Å². The van der Waals surface area contributed by atoms with Crippen molar-refractivity contribution in [1.29, 1.82) is 0 Å². The normalized spacial score (nSPS) is 13.8. The Bertz CT molecular complexity index is 305. The van der Waals surface area contributed by atoms with Gasteiger partial charge in [-0.1, -0.05) is 19.9 Å². The van der Waals surface area contributed by atoms with Gasteiger partial charge in [0.25, 0.3) is 0 Å². The second-order valence-corrected chi connectivity index (χ2v) is 3.57. The molecule has 0 saturated carbocycles. The molecule has 2 heteroatoms. The highest BCUT2D eigenvalue weighted by Gasteiger charge is 2.13. The van der Waals surface area contributed by atoms with Crippen LogP contribution in [0.5, 0.6) is 11.5 Å². The highest BCUT2D eigenvalue weighted by atomic mass is 16.7. The summed E-state index contributed by atoms with van der Waals surface area (Å²) in [5.41, 5.74) is 1.28. The summed E-state index contributed by atoms with van der Waals surface area (Å²) in [4.78, 5) is 0. The summed E-state index contributed by atoms with van der Waals surface area (Å²) in [6.45, 7) is 4.61. The van der Waals surface area contributed by atoms with Crippen molar-refractivity contribution in [3.05, 3.63) is 29.7 Å². The molecule has 1 aromatic rings. The molecule has 69 valence electrons. The fourth-order valence-electron chi connectivity index (χ4n) is 1.46. The molecule has 0 atom stereocenters. The van der Waals surface area contributed by atoms with E-state index in [2.05, 4.69) is 26.0 Å². The van der Waals surface area contributed by atoms with Gasteiger partial charge in [0.1, 0.15) is 0 Å². The zero-order valence-electron chi connectivity index (χ0n) is 7.96. The molecule has 0 unspecified atom stereocenters. The molecule has 2 nitrogen and oxygen atoms in total. The maximum Gasteiger partial charge on any atom is 0.231 e. The summed E-state index contributed by atoms with van der Waals surface area (Å²) in [7, 11) is 0. The smallest absolute Gasteiger partial charge is 0.231 e. The molecule has 13 heavy (non-hydrogen) atoms. The van der Waals surface area contributed by atoms with Gasteiger partial charge in [0, 0.05) is 0 Å². The third-order valence-electron chi connectivity index (χ3n) is 1.99. The van der Waals surface area contributed by atoms with Crippen LogP contribution in [0.4, 0.5) is 0 Å². The third-order valence-corrected chi connectivity index (χ3v) is 1.99. The van der Waals surface area contributed by atoms with E-state index in [0.29, 0.717) is 6.79 Å². The molecule has 0 amide bonds. The largest absolute Gasteiger partial charge is 0.454 e. The van der Waals surface area contributed by atoms with Crippen LogP contribution in [0.1, 0.15) is 19.4 Å². The zero-order valence-corrected chi connectivity index (χ0v) is 7.96. The van der Waals surface area contributed by atoms with E-state index in [4.69, 9.17) is 9.47 Å². The van der Waals surface area contributed by atoms with Crippen molar-refractivity contribution in [3.63, 3.8) is 0 Å². The van der Waals surface area contributed by atoms with Crippen molar-refractivity contribution in [2.75, 3.05) is 6.79 Å². The summed E-state index contributed by atoms with van der Waals surface area (Å²) in [5, 5.41) is 0. The van der Waals surface area contributed by atoms with E-state index in [1.165, 1.54) is 11.5 Å². The first kappa shape index (κ1) is 8.42. The van der Waals surface area contributed by atoms with Crippen LogP contribution in [-0.2, 0) is 6.42 Å². The Kier molecular flexibility index (Phi) is 2.13. The van der Waals surface area contributed by atoms with E-state index in [9.17, 15) is 0 Å². The Labute approximate surface area is 78.5 Å². The summed E-state index contributed by atoms with van der Waals surface area (Å²) in [6, 6.07) is 6.11. The van der Waals surface area contributed by atoms with Crippen molar-refractivity contribution in [3.8, 4) is 11.5 Å². The lowest BCUT2D eigenvalue weighted by Crippen LogP contribution is -1.93. The van der Waals surface area contributed by atoms with Crippen LogP contribution < -0.4 is 9.47 Å². The highest BCUT2D eigenvalue weighted by molar-refractivity contribution is 5.44. The van der Waals surface area contributed by atoms with Crippen LogP contribution in [-0.4, -0.2) is 6.79 Å². The fourth-order valence-corrected chi connectivity index (χ4v) is 1.46. The van der Waals surface area contributed by atoms with Gasteiger partial charge in [0.2, 0.25) is 6.79 Å². The standard InChI is InChI=1S/C11H13O2/c1-8(2)5-9-3-4-10-11(6-9)13-7-12-10/h3-4,6H,5,7H2,1-2H3. The average molecular weight is 177 g/mol. The minimum absolute atomic E-state index is 0.355. The zero-order chi connectivity index (χ0) is 9.26. The van der Waals surface area contributed by atoms with Gasteiger partial charge < -0.3 is 9.47 Å². The van der Waals surface area contributed by atoms with E-state index in [-0.39, 0.29) is 0 Å². The van der Waals surface area contributed by atoms with Crippen molar-refractivity contribution in [1.82, 2.24) is 0 Å². The lowest BCUT2D eigenvalue weighted by molar-refractivity contribution is 0.174. The first-order valence-electron chi connectivity index (χ1n) is 4.43. The number of fused-ring (bicyclic) bond motifs is 1. The first-order chi connectivity index (χ1) is 6.25. The van der Waals surface area contributed by atoms with E-state index >= 15 is 0 Å². The van der Waals surface area contributed by atoms with Crippen molar-refractivity contribution in [2.24, 2.45) is 0 Å². The van der Waals surface area contributed by atoms with Crippen LogP contribution in [0.15, 0.2) is 18.2 Å². The first-order valence-corrected chi connectivity index (χ1v) is 4.43. The molecule has 0 aromatic heterocycles. The molecule has 0 aliphatic carbocycles. The van der Waals surface area contributed by atoms with E-state index in [0.717, 1.165) is 17.9 Å². The molecule has 0 fully saturated rings. The molecule has 1 aliphatic rings.